The zero-order valence-corrected chi connectivity index (χ0v) is 15.5. The number of nitrogens with one attached hydrogen (secondary N) is 1. The van der Waals surface area contributed by atoms with E-state index in [-0.39, 0.29) is 5.91 Å². The SMILES string of the molecule is O=C(NCC1CC1)c1csc(N2CCN(c3cccc(Cl)c3)CC2)n1. The molecule has 7 heteroatoms. The molecule has 2 aromatic rings. The van der Waals surface area contributed by atoms with Gasteiger partial charge in [0.25, 0.3) is 5.91 Å². The first-order valence-corrected chi connectivity index (χ1v) is 9.94. The number of hydrogen-bond donors (Lipinski definition) is 1. The van der Waals surface area contributed by atoms with Crippen LogP contribution in [0.3, 0.4) is 0 Å². The molecule has 0 radical (unpaired) electrons. The van der Waals surface area contributed by atoms with Gasteiger partial charge >= 0.3 is 0 Å². The third kappa shape index (κ3) is 4.07. The van der Waals surface area contributed by atoms with Crippen molar-refractivity contribution in [3.8, 4) is 0 Å². The number of benzene rings is 1. The van der Waals surface area contributed by atoms with Gasteiger partial charge in [0, 0.05) is 48.8 Å². The van der Waals surface area contributed by atoms with Crippen LogP contribution in [0.2, 0.25) is 5.02 Å². The summed E-state index contributed by atoms with van der Waals surface area (Å²) in [5.41, 5.74) is 1.70. The van der Waals surface area contributed by atoms with E-state index in [4.69, 9.17) is 11.6 Å². The van der Waals surface area contributed by atoms with E-state index in [2.05, 4.69) is 26.2 Å². The minimum Gasteiger partial charge on any atom is -0.368 e. The maximum atomic E-state index is 12.1. The lowest BCUT2D eigenvalue weighted by Crippen LogP contribution is -2.46. The zero-order chi connectivity index (χ0) is 17.2. The minimum absolute atomic E-state index is 0.0491. The second-order valence-corrected chi connectivity index (χ2v) is 7.90. The van der Waals surface area contributed by atoms with Crippen molar-refractivity contribution in [3.05, 3.63) is 40.4 Å². The van der Waals surface area contributed by atoms with Crippen LogP contribution >= 0.6 is 22.9 Å². The summed E-state index contributed by atoms with van der Waals surface area (Å²) in [5.74, 6) is 0.633. The van der Waals surface area contributed by atoms with Crippen LogP contribution in [0.5, 0.6) is 0 Å². The number of nitrogens with zero attached hydrogens (tertiary/aromatic N) is 3. The average Bonchev–Trinajstić information content (AvgIpc) is 3.33. The lowest BCUT2D eigenvalue weighted by Gasteiger charge is -2.36. The summed E-state index contributed by atoms with van der Waals surface area (Å²) < 4.78 is 0. The van der Waals surface area contributed by atoms with Gasteiger partial charge in [0.15, 0.2) is 5.13 Å². The number of piperazine rings is 1. The predicted molar refractivity (Wildman–Crippen MR) is 103 cm³/mol. The van der Waals surface area contributed by atoms with E-state index < -0.39 is 0 Å². The van der Waals surface area contributed by atoms with Crippen LogP contribution < -0.4 is 15.1 Å². The van der Waals surface area contributed by atoms with Crippen molar-refractivity contribution in [2.75, 3.05) is 42.5 Å². The highest BCUT2D eigenvalue weighted by atomic mass is 35.5. The first-order chi connectivity index (χ1) is 12.2. The molecular formula is C18H21ClN4OS. The van der Waals surface area contributed by atoms with Crippen LogP contribution in [0.1, 0.15) is 23.3 Å². The van der Waals surface area contributed by atoms with E-state index in [1.807, 2.05) is 23.6 Å². The largest absolute Gasteiger partial charge is 0.368 e. The number of anilines is 2. The van der Waals surface area contributed by atoms with Crippen molar-refractivity contribution in [2.45, 2.75) is 12.8 Å². The topological polar surface area (TPSA) is 48.5 Å². The fourth-order valence-electron chi connectivity index (χ4n) is 2.99. The van der Waals surface area contributed by atoms with Gasteiger partial charge in [-0.25, -0.2) is 4.98 Å². The standard InChI is InChI=1S/C18H21ClN4OS/c19-14-2-1-3-15(10-14)22-6-8-23(9-7-22)18-21-16(12-25-18)17(24)20-11-13-4-5-13/h1-3,10,12-13H,4-9,11H2,(H,20,24). The average molecular weight is 377 g/mol. The second kappa shape index (κ2) is 7.22. The zero-order valence-electron chi connectivity index (χ0n) is 13.9. The predicted octanol–water partition coefficient (Wildman–Crippen LogP) is 3.26. The Hall–Kier alpha value is -1.79. The molecule has 1 saturated heterocycles. The molecule has 0 spiro atoms. The Bertz CT molecular complexity index is 753. The molecule has 0 bridgehead atoms. The molecule has 1 aromatic heterocycles. The number of halogens is 1. The molecule has 4 rings (SSSR count). The molecule has 0 atom stereocenters. The fourth-order valence-corrected chi connectivity index (χ4v) is 4.04. The van der Waals surface area contributed by atoms with Crippen molar-refractivity contribution in [1.29, 1.82) is 0 Å². The molecule has 1 amide bonds. The Morgan fingerprint density at radius 3 is 2.72 bits per heavy atom. The highest BCUT2D eigenvalue weighted by Gasteiger charge is 2.24. The van der Waals surface area contributed by atoms with Crippen LogP contribution in [0.4, 0.5) is 10.8 Å². The summed E-state index contributed by atoms with van der Waals surface area (Å²) in [7, 11) is 0. The van der Waals surface area contributed by atoms with Gasteiger partial charge in [0.2, 0.25) is 0 Å². The Morgan fingerprint density at radius 1 is 1.24 bits per heavy atom. The fraction of sp³-hybridized carbons (Fsp3) is 0.444. The molecular weight excluding hydrogens is 356 g/mol. The molecule has 1 aromatic carbocycles. The molecule has 25 heavy (non-hydrogen) atoms. The summed E-state index contributed by atoms with van der Waals surface area (Å²) in [4.78, 5) is 21.3. The molecule has 132 valence electrons. The van der Waals surface area contributed by atoms with Crippen LogP contribution in [-0.2, 0) is 0 Å². The van der Waals surface area contributed by atoms with Crippen LogP contribution in [-0.4, -0.2) is 43.6 Å². The first-order valence-electron chi connectivity index (χ1n) is 8.68. The Morgan fingerprint density at radius 2 is 2.00 bits per heavy atom. The normalized spacial score (nSPS) is 17.6. The van der Waals surface area contributed by atoms with E-state index >= 15 is 0 Å². The summed E-state index contributed by atoms with van der Waals surface area (Å²) in [5, 5.41) is 6.54. The number of aromatic nitrogens is 1. The third-order valence-electron chi connectivity index (χ3n) is 4.70. The summed E-state index contributed by atoms with van der Waals surface area (Å²) in [6, 6.07) is 7.97. The van der Waals surface area contributed by atoms with Gasteiger partial charge in [0.05, 0.1) is 0 Å². The molecule has 2 fully saturated rings. The van der Waals surface area contributed by atoms with Gasteiger partial charge in [-0.05, 0) is 37.0 Å². The molecule has 5 nitrogen and oxygen atoms in total. The number of rotatable bonds is 5. The quantitative estimate of drug-likeness (QED) is 0.870. The monoisotopic (exact) mass is 376 g/mol. The molecule has 2 aliphatic rings. The second-order valence-electron chi connectivity index (χ2n) is 6.62. The number of carbonyl (C=O) groups is 1. The highest BCUT2D eigenvalue weighted by molar-refractivity contribution is 7.13. The highest BCUT2D eigenvalue weighted by Crippen LogP contribution is 2.28. The smallest absolute Gasteiger partial charge is 0.270 e. The Balaban J connectivity index is 1.33. The Kier molecular flexibility index (Phi) is 4.81. The van der Waals surface area contributed by atoms with Crippen molar-refractivity contribution in [2.24, 2.45) is 5.92 Å². The van der Waals surface area contributed by atoms with Gasteiger partial charge in [-0.15, -0.1) is 11.3 Å². The lowest BCUT2D eigenvalue weighted by molar-refractivity contribution is 0.0947. The van der Waals surface area contributed by atoms with Crippen LogP contribution in [0, 0.1) is 5.92 Å². The molecule has 0 unspecified atom stereocenters. The van der Waals surface area contributed by atoms with Gasteiger partial charge in [-0.1, -0.05) is 17.7 Å². The van der Waals surface area contributed by atoms with Gasteiger partial charge in [0.1, 0.15) is 5.69 Å². The van der Waals surface area contributed by atoms with Gasteiger partial charge < -0.3 is 15.1 Å². The number of amides is 1. The van der Waals surface area contributed by atoms with Crippen molar-refractivity contribution >= 4 is 39.7 Å². The van der Waals surface area contributed by atoms with E-state index in [1.54, 1.807) is 11.3 Å². The van der Waals surface area contributed by atoms with Crippen molar-refractivity contribution in [3.63, 3.8) is 0 Å². The lowest BCUT2D eigenvalue weighted by atomic mass is 10.2. The van der Waals surface area contributed by atoms with Gasteiger partial charge in [-0.2, -0.15) is 0 Å². The molecule has 1 saturated carbocycles. The Labute approximate surface area is 156 Å². The maximum absolute atomic E-state index is 12.1. The summed E-state index contributed by atoms with van der Waals surface area (Å²) >= 11 is 7.63. The molecule has 1 aliphatic heterocycles. The number of carbonyl (C=O) groups excluding carboxylic acids is 1. The molecule has 1 aliphatic carbocycles. The van der Waals surface area contributed by atoms with Crippen LogP contribution in [0.15, 0.2) is 29.6 Å². The van der Waals surface area contributed by atoms with E-state index in [9.17, 15) is 4.79 Å². The minimum atomic E-state index is -0.0491. The summed E-state index contributed by atoms with van der Waals surface area (Å²) in [6.45, 7) is 4.41. The van der Waals surface area contributed by atoms with E-state index in [1.165, 1.54) is 12.8 Å². The van der Waals surface area contributed by atoms with E-state index in [0.717, 1.165) is 48.6 Å². The first kappa shape index (κ1) is 16.7. The summed E-state index contributed by atoms with van der Waals surface area (Å²) in [6.07, 6.45) is 2.47. The maximum Gasteiger partial charge on any atom is 0.270 e. The molecule has 2 heterocycles. The number of thiazole rings is 1. The molecule has 1 N–H and O–H groups in total. The van der Waals surface area contributed by atoms with Crippen molar-refractivity contribution < 1.29 is 4.79 Å². The number of hydrogen-bond acceptors (Lipinski definition) is 5. The van der Waals surface area contributed by atoms with Gasteiger partial charge in [-0.3, -0.25) is 4.79 Å². The van der Waals surface area contributed by atoms with Crippen LogP contribution in [0.25, 0.3) is 0 Å². The van der Waals surface area contributed by atoms with Crippen molar-refractivity contribution in [1.82, 2.24) is 10.3 Å². The van der Waals surface area contributed by atoms with E-state index in [0.29, 0.717) is 11.6 Å². The third-order valence-corrected chi connectivity index (χ3v) is 5.83.